The van der Waals surface area contributed by atoms with Crippen molar-refractivity contribution in [2.45, 2.75) is 19.1 Å². The topological polar surface area (TPSA) is 104 Å². The number of β-amino-alcohol motifs (C(OH)–C–C–N with tert-alkyl or cyclic N) is 1. The molecule has 1 aliphatic heterocycles. The van der Waals surface area contributed by atoms with Crippen molar-refractivity contribution >= 4 is 23.4 Å². The molecular formula is C22H21NO6. The Morgan fingerprint density at radius 1 is 1.07 bits per heavy atom. The van der Waals surface area contributed by atoms with Gasteiger partial charge in [0.1, 0.15) is 5.76 Å². The Labute approximate surface area is 167 Å². The largest absolute Gasteiger partial charge is 0.507 e. The van der Waals surface area contributed by atoms with Crippen LogP contribution >= 0.6 is 0 Å². The second-order valence-corrected chi connectivity index (χ2v) is 6.78. The molecule has 0 radical (unpaired) electrons. The van der Waals surface area contributed by atoms with Crippen LogP contribution in [0.2, 0.25) is 0 Å². The fourth-order valence-corrected chi connectivity index (χ4v) is 3.37. The molecule has 0 aliphatic carbocycles. The lowest BCUT2D eigenvalue weighted by Crippen LogP contribution is -2.35. The van der Waals surface area contributed by atoms with Crippen molar-refractivity contribution in [1.82, 2.24) is 4.90 Å². The minimum absolute atomic E-state index is 0.0623. The van der Waals surface area contributed by atoms with Crippen LogP contribution in [0.15, 0.2) is 60.2 Å². The van der Waals surface area contributed by atoms with Gasteiger partial charge in [-0.05, 0) is 24.6 Å². The molecule has 2 atom stereocenters. The van der Waals surface area contributed by atoms with E-state index in [2.05, 4.69) is 4.74 Å². The van der Waals surface area contributed by atoms with Gasteiger partial charge in [-0.25, -0.2) is 4.79 Å². The number of hydrogen-bond acceptors (Lipinski definition) is 6. The summed E-state index contributed by atoms with van der Waals surface area (Å²) in [5.74, 6) is -2.43. The molecule has 2 N–H and O–H groups in total. The van der Waals surface area contributed by atoms with E-state index in [0.717, 1.165) is 0 Å². The van der Waals surface area contributed by atoms with E-state index >= 15 is 0 Å². The zero-order chi connectivity index (χ0) is 21.1. The van der Waals surface area contributed by atoms with Gasteiger partial charge in [-0.1, -0.05) is 42.5 Å². The Balaban J connectivity index is 2.14. The third-order valence-electron chi connectivity index (χ3n) is 4.70. The Morgan fingerprint density at radius 2 is 1.69 bits per heavy atom. The summed E-state index contributed by atoms with van der Waals surface area (Å²) >= 11 is 0. The van der Waals surface area contributed by atoms with Crippen LogP contribution < -0.4 is 0 Å². The van der Waals surface area contributed by atoms with Crippen molar-refractivity contribution in [3.05, 3.63) is 76.9 Å². The molecule has 0 aromatic heterocycles. The number of hydrogen-bond donors (Lipinski definition) is 2. The molecule has 1 fully saturated rings. The van der Waals surface area contributed by atoms with Crippen molar-refractivity contribution in [3.63, 3.8) is 0 Å². The van der Waals surface area contributed by atoms with Crippen LogP contribution in [0.3, 0.4) is 0 Å². The first-order valence-corrected chi connectivity index (χ1v) is 9.05. The molecule has 1 saturated heterocycles. The van der Waals surface area contributed by atoms with Crippen LogP contribution in [0.5, 0.6) is 0 Å². The molecule has 1 heterocycles. The van der Waals surface area contributed by atoms with Crippen molar-refractivity contribution in [1.29, 1.82) is 0 Å². The van der Waals surface area contributed by atoms with Crippen LogP contribution in [-0.2, 0) is 14.3 Å². The molecule has 0 saturated carbocycles. The number of ether oxygens (including phenoxy) is 1. The number of amides is 1. The summed E-state index contributed by atoms with van der Waals surface area (Å²) in [5, 5.41) is 20.6. The van der Waals surface area contributed by atoms with Gasteiger partial charge in [0.15, 0.2) is 0 Å². The fourth-order valence-electron chi connectivity index (χ4n) is 3.37. The van der Waals surface area contributed by atoms with Crippen molar-refractivity contribution in [2.75, 3.05) is 13.7 Å². The highest BCUT2D eigenvalue weighted by Gasteiger charge is 2.46. The maximum absolute atomic E-state index is 12.8. The standard InChI is InChI=1S/C22H21NO6/c1-13(24)12-23-18(14-8-10-16(11-9-14)22(28)29-2)17(20(26)21(23)27)19(25)15-6-4-3-5-7-15/h3-11,13,18,24-25H,12H2,1-2H3/t13-,18-/m1/s1. The molecule has 0 spiro atoms. The minimum Gasteiger partial charge on any atom is -0.507 e. The zero-order valence-electron chi connectivity index (χ0n) is 16.0. The molecule has 1 amide bonds. The SMILES string of the molecule is COC(=O)c1ccc([C@@H]2C(=C(O)c3ccccc3)C(=O)C(=O)N2C[C@@H](C)O)cc1. The molecule has 1 aliphatic rings. The number of carbonyl (C=O) groups is 3. The predicted molar refractivity (Wildman–Crippen MR) is 105 cm³/mol. The normalized spacial score (nSPS) is 19.3. The van der Waals surface area contributed by atoms with E-state index < -0.39 is 29.8 Å². The third-order valence-corrected chi connectivity index (χ3v) is 4.70. The van der Waals surface area contributed by atoms with Gasteiger partial charge in [0.25, 0.3) is 11.7 Å². The van der Waals surface area contributed by atoms with E-state index in [9.17, 15) is 24.6 Å². The van der Waals surface area contributed by atoms with Crippen LogP contribution in [-0.4, -0.2) is 52.5 Å². The van der Waals surface area contributed by atoms with Gasteiger partial charge in [0.05, 0.1) is 30.4 Å². The van der Waals surface area contributed by atoms with Crippen LogP contribution in [0.25, 0.3) is 5.76 Å². The summed E-state index contributed by atoms with van der Waals surface area (Å²) in [6.45, 7) is 1.42. The Kier molecular flexibility index (Phi) is 5.79. The molecular weight excluding hydrogens is 374 g/mol. The van der Waals surface area contributed by atoms with Crippen molar-refractivity contribution in [3.8, 4) is 0 Å². The van der Waals surface area contributed by atoms with Gasteiger partial charge in [-0.15, -0.1) is 0 Å². The number of benzene rings is 2. The summed E-state index contributed by atoms with van der Waals surface area (Å²) in [6.07, 6.45) is -0.873. The average molecular weight is 395 g/mol. The van der Waals surface area contributed by atoms with E-state index in [-0.39, 0.29) is 17.9 Å². The zero-order valence-corrected chi connectivity index (χ0v) is 16.0. The predicted octanol–water partition coefficient (Wildman–Crippen LogP) is 2.28. The monoisotopic (exact) mass is 395 g/mol. The lowest BCUT2D eigenvalue weighted by atomic mass is 9.94. The Morgan fingerprint density at radius 3 is 2.24 bits per heavy atom. The quantitative estimate of drug-likeness (QED) is 0.348. The molecule has 7 heteroatoms. The molecule has 0 bridgehead atoms. The maximum Gasteiger partial charge on any atom is 0.337 e. The number of ketones is 1. The van der Waals surface area contributed by atoms with Crippen molar-refractivity contribution < 1.29 is 29.3 Å². The summed E-state index contributed by atoms with van der Waals surface area (Å²) in [5.41, 5.74) is 1.17. The van der Waals surface area contributed by atoms with Crippen LogP contribution in [0.1, 0.15) is 34.5 Å². The number of likely N-dealkylation sites (tertiary alicyclic amines) is 1. The summed E-state index contributed by atoms with van der Waals surface area (Å²) < 4.78 is 4.69. The second-order valence-electron chi connectivity index (χ2n) is 6.78. The van der Waals surface area contributed by atoms with E-state index in [1.54, 1.807) is 42.5 Å². The van der Waals surface area contributed by atoms with Crippen LogP contribution in [0.4, 0.5) is 0 Å². The highest BCUT2D eigenvalue weighted by Crippen LogP contribution is 2.39. The summed E-state index contributed by atoms with van der Waals surface area (Å²) in [6, 6.07) is 13.8. The van der Waals surface area contributed by atoms with Crippen LogP contribution in [0, 0.1) is 0 Å². The average Bonchev–Trinajstić information content (AvgIpc) is 2.98. The second kappa shape index (κ2) is 8.28. The Hall–Kier alpha value is -3.45. The number of rotatable bonds is 5. The lowest BCUT2D eigenvalue weighted by Gasteiger charge is -2.26. The van der Waals surface area contributed by atoms with E-state index in [1.165, 1.54) is 31.1 Å². The van der Waals surface area contributed by atoms with Gasteiger partial charge in [0.2, 0.25) is 0 Å². The van der Waals surface area contributed by atoms with E-state index in [1.807, 2.05) is 0 Å². The number of nitrogens with zero attached hydrogens (tertiary/aromatic N) is 1. The fraction of sp³-hybridized carbons (Fsp3) is 0.227. The number of aliphatic hydroxyl groups is 2. The smallest absolute Gasteiger partial charge is 0.337 e. The number of methoxy groups -OCH3 is 1. The minimum atomic E-state index is -0.892. The van der Waals surface area contributed by atoms with Gasteiger partial charge in [0, 0.05) is 12.1 Å². The first kappa shape index (κ1) is 20.3. The third kappa shape index (κ3) is 3.90. The van der Waals surface area contributed by atoms with Gasteiger partial charge < -0.3 is 19.8 Å². The number of esters is 1. The molecule has 2 aromatic rings. The summed E-state index contributed by atoms with van der Waals surface area (Å²) in [7, 11) is 1.27. The first-order chi connectivity index (χ1) is 13.8. The van der Waals surface area contributed by atoms with E-state index in [4.69, 9.17) is 0 Å². The molecule has 0 unspecified atom stereocenters. The lowest BCUT2D eigenvalue weighted by molar-refractivity contribution is -0.140. The number of carbonyl (C=O) groups excluding carboxylic acids is 3. The van der Waals surface area contributed by atoms with E-state index in [0.29, 0.717) is 16.7 Å². The van der Waals surface area contributed by atoms with Crippen molar-refractivity contribution in [2.24, 2.45) is 0 Å². The molecule has 7 nitrogen and oxygen atoms in total. The maximum atomic E-state index is 12.8. The summed E-state index contributed by atoms with van der Waals surface area (Å²) in [4.78, 5) is 38.3. The molecule has 2 aromatic carbocycles. The highest BCUT2D eigenvalue weighted by molar-refractivity contribution is 6.46. The Bertz CT molecular complexity index is 963. The van der Waals surface area contributed by atoms with Gasteiger partial charge >= 0.3 is 5.97 Å². The molecule has 150 valence electrons. The number of Topliss-reactive ketones (excluding diaryl/α,β-unsaturated/α-hetero) is 1. The first-order valence-electron chi connectivity index (χ1n) is 9.05. The number of aliphatic hydroxyl groups excluding tert-OH is 2. The highest BCUT2D eigenvalue weighted by atomic mass is 16.5. The molecule has 29 heavy (non-hydrogen) atoms. The van der Waals surface area contributed by atoms with Gasteiger partial charge in [-0.3, -0.25) is 9.59 Å². The van der Waals surface area contributed by atoms with Gasteiger partial charge in [-0.2, -0.15) is 0 Å². The molecule has 3 rings (SSSR count).